The highest BCUT2D eigenvalue weighted by Crippen LogP contribution is 2.18. The van der Waals surface area contributed by atoms with Crippen molar-refractivity contribution in [1.82, 2.24) is 4.90 Å². The van der Waals surface area contributed by atoms with Gasteiger partial charge >= 0.3 is 0 Å². The topological polar surface area (TPSA) is 20.3 Å². The first-order valence-electron chi connectivity index (χ1n) is 6.25. The number of carbonyl (C=O) groups excluding carboxylic acids is 1. The zero-order valence-corrected chi connectivity index (χ0v) is 11.2. The molecule has 1 atom stereocenters. The smallest absolute Gasteiger partial charge is 0.166 e. The first-order valence-corrected chi connectivity index (χ1v) is 6.25. The number of fused-ring (bicyclic) bond motifs is 1. The molecule has 0 N–H and O–H groups in total. The highest BCUT2D eigenvalue weighted by atomic mass is 16.1. The van der Waals surface area contributed by atoms with Gasteiger partial charge in [0.05, 0.1) is 0 Å². The highest BCUT2D eigenvalue weighted by molar-refractivity contribution is 6.01. The van der Waals surface area contributed by atoms with Gasteiger partial charge in [0.25, 0.3) is 0 Å². The molecule has 0 aliphatic carbocycles. The van der Waals surface area contributed by atoms with E-state index < -0.39 is 0 Å². The van der Waals surface area contributed by atoms with Gasteiger partial charge < -0.3 is 4.90 Å². The van der Waals surface area contributed by atoms with E-state index in [0.717, 1.165) is 17.5 Å². The van der Waals surface area contributed by atoms with Crippen LogP contribution in [0, 0.1) is 5.92 Å². The zero-order chi connectivity index (χ0) is 13.1. The number of benzene rings is 2. The van der Waals surface area contributed by atoms with Crippen LogP contribution in [0.1, 0.15) is 17.3 Å². The normalized spacial score (nSPS) is 12.9. The van der Waals surface area contributed by atoms with Crippen molar-refractivity contribution in [3.63, 3.8) is 0 Å². The maximum absolute atomic E-state index is 12.3. The van der Waals surface area contributed by atoms with Gasteiger partial charge in [0.1, 0.15) is 0 Å². The summed E-state index contributed by atoms with van der Waals surface area (Å²) in [5.41, 5.74) is 0.808. The summed E-state index contributed by atoms with van der Waals surface area (Å²) in [7, 11) is 3.98. The second-order valence-electron chi connectivity index (χ2n) is 5.09. The lowest BCUT2D eigenvalue weighted by Crippen LogP contribution is -2.25. The molecule has 0 aliphatic heterocycles. The van der Waals surface area contributed by atoms with Crippen LogP contribution in [0.5, 0.6) is 0 Å². The van der Waals surface area contributed by atoms with Crippen LogP contribution in [0.15, 0.2) is 42.5 Å². The predicted molar refractivity (Wildman–Crippen MR) is 76.0 cm³/mol. The van der Waals surface area contributed by atoms with Crippen LogP contribution < -0.4 is 0 Å². The minimum atomic E-state index is 0.0289. The van der Waals surface area contributed by atoms with Gasteiger partial charge in [-0.15, -0.1) is 0 Å². The second kappa shape index (κ2) is 5.32. The summed E-state index contributed by atoms with van der Waals surface area (Å²) in [6.07, 6.45) is 0. The number of ketones is 1. The molecule has 2 aromatic rings. The van der Waals surface area contributed by atoms with E-state index in [2.05, 4.69) is 6.07 Å². The molecule has 0 saturated heterocycles. The van der Waals surface area contributed by atoms with Gasteiger partial charge in [-0.25, -0.2) is 0 Å². The van der Waals surface area contributed by atoms with Gasteiger partial charge in [-0.1, -0.05) is 43.3 Å². The van der Waals surface area contributed by atoms with E-state index in [-0.39, 0.29) is 11.7 Å². The molecule has 2 aromatic carbocycles. The third kappa shape index (κ3) is 2.77. The molecule has 0 fully saturated rings. The van der Waals surface area contributed by atoms with Crippen LogP contribution in [0.2, 0.25) is 0 Å². The SMILES string of the molecule is C[C@@H](CN(C)C)C(=O)c1ccc2ccccc2c1. The Balaban J connectivity index is 2.28. The Morgan fingerprint density at radius 1 is 1.11 bits per heavy atom. The summed E-state index contributed by atoms with van der Waals surface area (Å²) in [5.74, 6) is 0.246. The predicted octanol–water partition coefficient (Wildman–Crippen LogP) is 3.22. The van der Waals surface area contributed by atoms with Gasteiger partial charge in [-0.2, -0.15) is 0 Å². The molecule has 2 nitrogen and oxygen atoms in total. The van der Waals surface area contributed by atoms with Crippen LogP contribution in [0.3, 0.4) is 0 Å². The Bertz CT molecular complexity index is 560. The van der Waals surface area contributed by atoms with E-state index in [9.17, 15) is 4.79 Å². The van der Waals surface area contributed by atoms with Crippen LogP contribution in [-0.4, -0.2) is 31.3 Å². The average Bonchev–Trinajstić information content (AvgIpc) is 2.36. The van der Waals surface area contributed by atoms with Gasteiger partial charge in [-0.3, -0.25) is 4.79 Å². The van der Waals surface area contributed by atoms with Gasteiger partial charge in [0.15, 0.2) is 5.78 Å². The summed E-state index contributed by atoms with van der Waals surface area (Å²) in [4.78, 5) is 14.3. The second-order valence-corrected chi connectivity index (χ2v) is 5.09. The third-order valence-corrected chi connectivity index (χ3v) is 3.12. The van der Waals surface area contributed by atoms with Crippen molar-refractivity contribution in [2.45, 2.75) is 6.92 Å². The van der Waals surface area contributed by atoms with Crippen molar-refractivity contribution in [2.75, 3.05) is 20.6 Å². The monoisotopic (exact) mass is 241 g/mol. The van der Waals surface area contributed by atoms with E-state index in [1.54, 1.807) is 0 Å². The number of hydrogen-bond donors (Lipinski definition) is 0. The molecule has 0 bridgehead atoms. The molecule has 0 radical (unpaired) electrons. The lowest BCUT2D eigenvalue weighted by molar-refractivity contribution is 0.0910. The summed E-state index contributed by atoms with van der Waals surface area (Å²) in [6, 6.07) is 14.1. The molecule has 0 heterocycles. The molecule has 2 heteroatoms. The van der Waals surface area contributed by atoms with Crippen molar-refractivity contribution in [3.05, 3.63) is 48.0 Å². The van der Waals surface area contributed by atoms with Crippen molar-refractivity contribution >= 4 is 16.6 Å². The fraction of sp³-hybridized carbons (Fsp3) is 0.312. The maximum Gasteiger partial charge on any atom is 0.166 e. The van der Waals surface area contributed by atoms with E-state index in [1.807, 2.05) is 62.3 Å². The first-order chi connectivity index (χ1) is 8.58. The number of Topliss-reactive ketones (excluding diaryl/α,β-unsaturated/α-hetero) is 1. The van der Waals surface area contributed by atoms with Crippen LogP contribution in [-0.2, 0) is 0 Å². The van der Waals surface area contributed by atoms with Crippen molar-refractivity contribution in [1.29, 1.82) is 0 Å². The van der Waals surface area contributed by atoms with Crippen LogP contribution >= 0.6 is 0 Å². The van der Waals surface area contributed by atoms with E-state index in [1.165, 1.54) is 5.39 Å². The van der Waals surface area contributed by atoms with Crippen LogP contribution in [0.25, 0.3) is 10.8 Å². The average molecular weight is 241 g/mol. The largest absolute Gasteiger partial charge is 0.309 e. The van der Waals surface area contributed by atoms with E-state index in [0.29, 0.717) is 0 Å². The third-order valence-electron chi connectivity index (χ3n) is 3.12. The minimum Gasteiger partial charge on any atom is -0.309 e. The zero-order valence-electron chi connectivity index (χ0n) is 11.2. The standard InChI is InChI=1S/C16H19NO/c1-12(11-17(2)3)16(18)15-9-8-13-6-4-5-7-14(13)10-15/h4-10,12H,11H2,1-3H3/t12-/m0/s1. The number of nitrogens with zero attached hydrogens (tertiary/aromatic N) is 1. The molecule has 94 valence electrons. The van der Waals surface area contributed by atoms with Crippen molar-refractivity contribution in [3.8, 4) is 0 Å². The lowest BCUT2D eigenvalue weighted by Gasteiger charge is -2.16. The van der Waals surface area contributed by atoms with Crippen molar-refractivity contribution < 1.29 is 4.79 Å². The van der Waals surface area contributed by atoms with Gasteiger partial charge in [0.2, 0.25) is 0 Å². The Labute approximate surface area is 108 Å². The quantitative estimate of drug-likeness (QED) is 0.766. The fourth-order valence-corrected chi connectivity index (χ4v) is 2.26. The maximum atomic E-state index is 12.3. The fourth-order valence-electron chi connectivity index (χ4n) is 2.26. The lowest BCUT2D eigenvalue weighted by atomic mass is 9.97. The molecule has 0 aromatic heterocycles. The molecule has 2 rings (SSSR count). The Kier molecular flexibility index (Phi) is 3.78. The molecule has 18 heavy (non-hydrogen) atoms. The Hall–Kier alpha value is -1.67. The number of rotatable bonds is 4. The minimum absolute atomic E-state index is 0.0289. The number of carbonyl (C=O) groups is 1. The number of hydrogen-bond acceptors (Lipinski definition) is 2. The molecular formula is C16H19NO. The summed E-state index contributed by atoms with van der Waals surface area (Å²) in [5, 5.41) is 2.30. The summed E-state index contributed by atoms with van der Waals surface area (Å²) >= 11 is 0. The van der Waals surface area contributed by atoms with Gasteiger partial charge in [0, 0.05) is 18.0 Å². The first kappa shape index (κ1) is 12.8. The molecule has 0 aliphatic rings. The van der Waals surface area contributed by atoms with Crippen molar-refractivity contribution in [2.24, 2.45) is 5.92 Å². The van der Waals surface area contributed by atoms with Crippen LogP contribution in [0.4, 0.5) is 0 Å². The Morgan fingerprint density at radius 3 is 2.44 bits per heavy atom. The van der Waals surface area contributed by atoms with E-state index >= 15 is 0 Å². The van der Waals surface area contributed by atoms with Gasteiger partial charge in [-0.05, 0) is 30.9 Å². The molecule has 0 unspecified atom stereocenters. The summed E-state index contributed by atoms with van der Waals surface area (Å²) in [6.45, 7) is 2.77. The Morgan fingerprint density at radius 2 is 1.78 bits per heavy atom. The highest BCUT2D eigenvalue weighted by Gasteiger charge is 2.15. The molecular weight excluding hydrogens is 222 g/mol. The van der Waals surface area contributed by atoms with E-state index in [4.69, 9.17) is 0 Å². The molecule has 0 saturated carbocycles. The molecule has 0 amide bonds. The molecule has 0 spiro atoms. The summed E-state index contributed by atoms with van der Waals surface area (Å²) < 4.78 is 0.